The number of carboxylic acid groups (broad SMARTS) is 1. The second-order valence-electron chi connectivity index (χ2n) is 13.6. The van der Waals surface area contributed by atoms with Gasteiger partial charge in [0.1, 0.15) is 11.5 Å². The first-order valence-corrected chi connectivity index (χ1v) is 16.1. The number of rotatable bonds is 9. The van der Waals surface area contributed by atoms with E-state index in [9.17, 15) is 24.6 Å². The number of aliphatic hydroxyl groups is 1. The summed E-state index contributed by atoms with van der Waals surface area (Å²) in [6.45, 7) is 1.77. The van der Waals surface area contributed by atoms with Crippen molar-refractivity contribution < 1.29 is 43.5 Å². The summed E-state index contributed by atoms with van der Waals surface area (Å²) in [7, 11) is 3.01. The Kier molecular flexibility index (Phi) is 6.64. The van der Waals surface area contributed by atoms with Crippen LogP contribution in [0.4, 0.5) is 0 Å². The number of fused-ring (bicyclic) bond motifs is 1. The number of carboxylic acids is 1. The summed E-state index contributed by atoms with van der Waals surface area (Å²) in [6.07, 6.45) is 3.28. The molecule has 3 aromatic rings. The lowest BCUT2D eigenvalue weighted by Crippen LogP contribution is -2.76. The minimum atomic E-state index is -1.10. The van der Waals surface area contributed by atoms with Crippen molar-refractivity contribution in [3.63, 3.8) is 0 Å². The molecule has 10 heteroatoms. The van der Waals surface area contributed by atoms with Crippen molar-refractivity contribution >= 4 is 28.5 Å². The van der Waals surface area contributed by atoms with Gasteiger partial charge >= 0.3 is 11.9 Å². The Morgan fingerprint density at radius 3 is 2.35 bits per heavy atom. The molecule has 2 heterocycles. The van der Waals surface area contributed by atoms with E-state index in [1.807, 2.05) is 6.07 Å². The third kappa shape index (κ3) is 4.26. The highest BCUT2D eigenvalue weighted by Crippen LogP contribution is 2.65. The molecular weight excluding hydrogens is 590 g/mol. The molecule has 1 saturated heterocycles. The maximum atomic E-state index is 13.5. The molecular formula is C36H37NO9. The molecule has 46 heavy (non-hydrogen) atoms. The van der Waals surface area contributed by atoms with Gasteiger partial charge in [-0.05, 0) is 91.2 Å². The molecule has 2 bridgehead atoms. The van der Waals surface area contributed by atoms with E-state index in [0.29, 0.717) is 53.6 Å². The van der Waals surface area contributed by atoms with Gasteiger partial charge < -0.3 is 29.2 Å². The number of likely N-dealkylation sites (tertiary alicyclic amines) is 1. The Morgan fingerprint density at radius 2 is 1.67 bits per heavy atom. The molecule has 2 saturated carbocycles. The number of Topliss-reactive ketones (excluding diaryl/α,β-unsaturated/α-hetero) is 1. The number of hydrogen-bond acceptors (Lipinski definition) is 9. The van der Waals surface area contributed by atoms with E-state index in [1.54, 1.807) is 30.3 Å². The summed E-state index contributed by atoms with van der Waals surface area (Å²) in [6, 6.07) is 10.7. The number of benzene rings is 3. The first-order valence-electron chi connectivity index (χ1n) is 16.1. The van der Waals surface area contributed by atoms with Gasteiger partial charge in [-0.2, -0.15) is 0 Å². The van der Waals surface area contributed by atoms with E-state index in [1.165, 1.54) is 27.1 Å². The van der Waals surface area contributed by atoms with Crippen LogP contribution in [0.5, 0.6) is 23.0 Å². The molecule has 0 amide bonds. The number of carbonyl (C=O) groups excluding carboxylic acids is 2. The Balaban J connectivity index is 1.12. The van der Waals surface area contributed by atoms with Crippen LogP contribution in [0.2, 0.25) is 0 Å². The maximum Gasteiger partial charge on any atom is 0.315 e. The zero-order chi connectivity index (χ0) is 32.0. The van der Waals surface area contributed by atoms with Crippen molar-refractivity contribution in [2.24, 2.45) is 5.92 Å². The molecule has 240 valence electrons. The quantitative estimate of drug-likeness (QED) is 0.267. The van der Waals surface area contributed by atoms with Gasteiger partial charge in [-0.3, -0.25) is 19.3 Å². The van der Waals surface area contributed by atoms with Crippen molar-refractivity contribution in [2.45, 2.75) is 74.5 Å². The van der Waals surface area contributed by atoms with Gasteiger partial charge in [0.05, 0.1) is 38.1 Å². The van der Waals surface area contributed by atoms with Crippen LogP contribution in [-0.4, -0.2) is 77.9 Å². The number of esters is 1. The Hall–Kier alpha value is -4.15. The van der Waals surface area contributed by atoms with E-state index in [4.69, 9.17) is 18.9 Å². The molecule has 4 atom stereocenters. The van der Waals surface area contributed by atoms with Gasteiger partial charge in [0.25, 0.3) is 0 Å². The average Bonchev–Trinajstić information content (AvgIpc) is 3.77. The minimum Gasteiger partial charge on any atom is -0.496 e. The van der Waals surface area contributed by atoms with E-state index < -0.39 is 29.1 Å². The highest BCUT2D eigenvalue weighted by molar-refractivity contribution is 5.91. The lowest BCUT2D eigenvalue weighted by Gasteiger charge is -2.62. The molecule has 8 rings (SSSR count). The van der Waals surface area contributed by atoms with Crippen LogP contribution in [-0.2, 0) is 39.1 Å². The first-order chi connectivity index (χ1) is 22.1. The summed E-state index contributed by atoms with van der Waals surface area (Å²) in [5.41, 5.74) is 1.03. The number of carbonyl (C=O) groups is 3. The third-order valence-electron chi connectivity index (χ3n) is 11.1. The summed E-state index contributed by atoms with van der Waals surface area (Å²) < 4.78 is 23.4. The lowest BCUT2D eigenvalue weighted by molar-refractivity contribution is -0.188. The molecule has 2 aliphatic heterocycles. The fourth-order valence-electron chi connectivity index (χ4n) is 8.87. The van der Waals surface area contributed by atoms with E-state index >= 15 is 0 Å². The molecule has 3 aromatic carbocycles. The highest BCUT2D eigenvalue weighted by atomic mass is 16.6. The molecule has 0 aromatic heterocycles. The zero-order valence-electron chi connectivity index (χ0n) is 26.0. The predicted molar refractivity (Wildman–Crippen MR) is 166 cm³/mol. The zero-order valence-corrected chi connectivity index (χ0v) is 26.0. The van der Waals surface area contributed by atoms with Crippen LogP contribution in [0.1, 0.15) is 54.4 Å². The second kappa shape index (κ2) is 10.4. The normalized spacial score (nSPS) is 27.6. The van der Waals surface area contributed by atoms with Crippen molar-refractivity contribution in [3.05, 3.63) is 58.7 Å². The van der Waals surface area contributed by atoms with Crippen LogP contribution >= 0.6 is 0 Å². The number of piperidine rings is 1. The van der Waals surface area contributed by atoms with Crippen molar-refractivity contribution in [2.75, 3.05) is 27.3 Å². The molecule has 10 nitrogen and oxygen atoms in total. The minimum absolute atomic E-state index is 0.0137. The smallest absolute Gasteiger partial charge is 0.315 e. The molecule has 1 spiro atoms. The fourth-order valence-corrected chi connectivity index (χ4v) is 8.87. The highest BCUT2D eigenvalue weighted by Gasteiger charge is 2.73. The number of ether oxygens (including phenoxy) is 4. The molecule has 2 N–H and O–H groups in total. The SMILES string of the molecule is COc1cc2cc(OC)c(CC(=O)Oc3ccc4c5c3O[C@H]3C(=O)CC[C@@]6(O)[C@@H](C4)N(CC4CC4)CC[C@]536)cc2cc1CC(=O)O. The number of aliphatic carboxylic acids is 1. The molecule has 5 aliphatic rings. The maximum absolute atomic E-state index is 13.5. The van der Waals surface area contributed by atoms with Gasteiger partial charge in [0.2, 0.25) is 0 Å². The van der Waals surface area contributed by atoms with Crippen molar-refractivity contribution in [1.82, 2.24) is 4.90 Å². The summed E-state index contributed by atoms with van der Waals surface area (Å²) in [5.74, 6) is 0.735. The molecule has 3 aliphatic carbocycles. The second-order valence-corrected chi connectivity index (χ2v) is 13.6. The molecule has 0 unspecified atom stereocenters. The van der Waals surface area contributed by atoms with Gasteiger partial charge in [-0.15, -0.1) is 0 Å². The molecule has 3 fully saturated rings. The van der Waals surface area contributed by atoms with Gasteiger partial charge in [0, 0.05) is 35.7 Å². The monoisotopic (exact) mass is 627 g/mol. The third-order valence-corrected chi connectivity index (χ3v) is 11.1. The summed E-state index contributed by atoms with van der Waals surface area (Å²) >= 11 is 0. The van der Waals surface area contributed by atoms with E-state index in [2.05, 4.69) is 4.90 Å². The fraction of sp³-hybridized carbons (Fsp3) is 0.472. The first kappa shape index (κ1) is 29.3. The number of hydrogen-bond donors (Lipinski definition) is 2. The Bertz CT molecular complexity index is 1810. The van der Waals surface area contributed by atoms with Crippen LogP contribution in [0.15, 0.2) is 36.4 Å². The summed E-state index contributed by atoms with van der Waals surface area (Å²) in [5, 5.41) is 23.4. The number of methoxy groups -OCH3 is 2. The van der Waals surface area contributed by atoms with Crippen LogP contribution in [0.3, 0.4) is 0 Å². The van der Waals surface area contributed by atoms with Gasteiger partial charge in [-0.1, -0.05) is 6.07 Å². The van der Waals surface area contributed by atoms with Crippen molar-refractivity contribution in [3.8, 4) is 23.0 Å². The standard InChI is InChI=1S/C36H37NO9/c1-43-27-13-22-14-28(44-2)24(12-21(22)11-23(27)16-30(39)40)17-31(41)45-26-6-5-20-15-29-36(42)8-7-25(38)34-35(36,32(20)33(26)46-34)9-10-37(29)18-19-3-4-19/h5-6,11-14,19,29,34,42H,3-4,7-10,15-18H2,1-2H3,(H,39,40)/t29-,34+,35+,36-/m1/s1. The van der Waals surface area contributed by atoms with Crippen LogP contribution in [0, 0.1) is 5.92 Å². The lowest BCUT2D eigenvalue weighted by atomic mass is 9.49. The van der Waals surface area contributed by atoms with Crippen molar-refractivity contribution in [1.29, 1.82) is 0 Å². The number of nitrogens with zero attached hydrogens (tertiary/aromatic N) is 1. The van der Waals surface area contributed by atoms with Crippen LogP contribution in [0.25, 0.3) is 10.8 Å². The van der Waals surface area contributed by atoms with Gasteiger partial charge in [0.15, 0.2) is 23.4 Å². The van der Waals surface area contributed by atoms with Crippen LogP contribution < -0.4 is 18.9 Å². The average molecular weight is 628 g/mol. The largest absolute Gasteiger partial charge is 0.496 e. The van der Waals surface area contributed by atoms with E-state index in [0.717, 1.165) is 35.0 Å². The van der Waals surface area contributed by atoms with Gasteiger partial charge in [-0.25, -0.2) is 0 Å². The van der Waals surface area contributed by atoms with E-state index in [-0.39, 0.29) is 36.8 Å². The Labute approximate surface area is 266 Å². The molecule has 0 radical (unpaired) electrons. The topological polar surface area (TPSA) is 132 Å². The predicted octanol–water partition coefficient (Wildman–Crippen LogP) is 3.77. The number of ketones is 1. The summed E-state index contributed by atoms with van der Waals surface area (Å²) in [4.78, 5) is 40.8. The Morgan fingerprint density at radius 1 is 0.978 bits per heavy atom.